The highest BCUT2D eigenvalue weighted by atomic mass is 35.5. The van der Waals surface area contributed by atoms with Crippen LogP contribution in [0, 0.1) is 0 Å². The molecule has 0 bridgehead atoms. The number of aromatic nitrogens is 2. The molecule has 3 rings (SSSR count). The van der Waals surface area contributed by atoms with Crippen molar-refractivity contribution in [3.63, 3.8) is 0 Å². The van der Waals surface area contributed by atoms with E-state index in [0.717, 1.165) is 23.4 Å². The van der Waals surface area contributed by atoms with Crippen LogP contribution in [0.5, 0.6) is 0 Å². The van der Waals surface area contributed by atoms with Gasteiger partial charge in [-0.1, -0.05) is 42.5 Å². The molecule has 1 heterocycles. The van der Waals surface area contributed by atoms with E-state index in [9.17, 15) is 0 Å². The van der Waals surface area contributed by atoms with Crippen LogP contribution in [0.15, 0.2) is 54.6 Å². The first-order chi connectivity index (χ1) is 9.25. The number of para-hydroxylation sites is 2. The van der Waals surface area contributed by atoms with Crippen molar-refractivity contribution in [2.45, 2.75) is 18.8 Å². The zero-order valence-corrected chi connectivity index (χ0v) is 11.5. The molecule has 1 atom stereocenters. The first kappa shape index (κ1) is 12.2. The monoisotopic (exact) mass is 270 g/mol. The van der Waals surface area contributed by atoms with E-state index in [4.69, 9.17) is 11.6 Å². The highest BCUT2D eigenvalue weighted by molar-refractivity contribution is 6.20. The number of alkyl halides is 1. The largest absolute Gasteiger partial charge is 0.322 e. The fraction of sp³-hybridized carbons (Fsp3) is 0.188. The van der Waals surface area contributed by atoms with Crippen molar-refractivity contribution >= 4 is 22.6 Å². The van der Waals surface area contributed by atoms with E-state index in [1.54, 1.807) is 0 Å². The summed E-state index contributed by atoms with van der Waals surface area (Å²) in [5.41, 5.74) is 3.39. The van der Waals surface area contributed by atoms with Crippen molar-refractivity contribution < 1.29 is 0 Å². The van der Waals surface area contributed by atoms with Gasteiger partial charge in [0, 0.05) is 6.54 Å². The molecule has 96 valence electrons. The van der Waals surface area contributed by atoms with Crippen LogP contribution in [-0.4, -0.2) is 9.55 Å². The summed E-state index contributed by atoms with van der Waals surface area (Å²) in [5.74, 6) is 0.923. The summed E-state index contributed by atoms with van der Waals surface area (Å²) in [5, 5.41) is -0.101. The van der Waals surface area contributed by atoms with Crippen LogP contribution < -0.4 is 0 Å². The Morgan fingerprint density at radius 1 is 1.05 bits per heavy atom. The van der Waals surface area contributed by atoms with Crippen LogP contribution in [0.1, 0.15) is 23.7 Å². The second kappa shape index (κ2) is 5.06. The number of benzene rings is 2. The summed E-state index contributed by atoms with van der Waals surface area (Å²) in [4.78, 5) is 4.64. The standard InChI is InChI=1S/C16H15ClN2/c1-12(17)16-18-14-9-5-6-10-15(14)19(16)11-13-7-3-2-4-8-13/h2-10,12H,11H2,1H3. The number of imidazole rings is 1. The van der Waals surface area contributed by atoms with Crippen molar-refractivity contribution in [3.8, 4) is 0 Å². The minimum absolute atomic E-state index is 0.101. The lowest BCUT2D eigenvalue weighted by atomic mass is 10.2. The molecule has 0 amide bonds. The third kappa shape index (κ3) is 2.36. The molecule has 2 nitrogen and oxygen atoms in total. The summed E-state index contributed by atoms with van der Waals surface area (Å²) < 4.78 is 2.20. The maximum atomic E-state index is 6.26. The van der Waals surface area contributed by atoms with Gasteiger partial charge in [0.2, 0.25) is 0 Å². The minimum Gasteiger partial charge on any atom is -0.322 e. The van der Waals surface area contributed by atoms with E-state index >= 15 is 0 Å². The van der Waals surface area contributed by atoms with Gasteiger partial charge in [0.05, 0.1) is 16.4 Å². The second-order valence-electron chi connectivity index (χ2n) is 4.65. The van der Waals surface area contributed by atoms with Gasteiger partial charge in [0.15, 0.2) is 0 Å². The summed E-state index contributed by atoms with van der Waals surface area (Å²) in [6, 6.07) is 18.5. The van der Waals surface area contributed by atoms with Crippen molar-refractivity contribution in [2.75, 3.05) is 0 Å². The Kier molecular flexibility index (Phi) is 3.26. The molecule has 0 fully saturated rings. The lowest BCUT2D eigenvalue weighted by Crippen LogP contribution is -2.05. The van der Waals surface area contributed by atoms with Crippen molar-refractivity contribution in [1.82, 2.24) is 9.55 Å². The van der Waals surface area contributed by atoms with Gasteiger partial charge in [-0.25, -0.2) is 4.98 Å². The zero-order valence-electron chi connectivity index (χ0n) is 10.8. The number of nitrogens with zero attached hydrogens (tertiary/aromatic N) is 2. The SMILES string of the molecule is CC(Cl)c1nc2ccccc2n1Cc1ccccc1. The number of rotatable bonds is 3. The molecule has 3 heteroatoms. The third-order valence-electron chi connectivity index (χ3n) is 3.22. The summed E-state index contributed by atoms with van der Waals surface area (Å²) in [6.45, 7) is 2.76. The van der Waals surface area contributed by atoms with Crippen LogP contribution in [0.4, 0.5) is 0 Å². The highest BCUT2D eigenvalue weighted by Gasteiger charge is 2.14. The molecular weight excluding hydrogens is 256 g/mol. The molecule has 1 aromatic heterocycles. The topological polar surface area (TPSA) is 17.8 Å². The first-order valence-corrected chi connectivity index (χ1v) is 6.82. The van der Waals surface area contributed by atoms with E-state index < -0.39 is 0 Å². The Morgan fingerprint density at radius 2 is 1.74 bits per heavy atom. The first-order valence-electron chi connectivity index (χ1n) is 6.39. The molecule has 0 radical (unpaired) electrons. The van der Waals surface area contributed by atoms with Crippen LogP contribution in [-0.2, 0) is 6.54 Å². The molecule has 0 saturated carbocycles. The molecule has 1 unspecified atom stereocenters. The average Bonchev–Trinajstić information content (AvgIpc) is 2.79. The zero-order chi connectivity index (χ0) is 13.2. The van der Waals surface area contributed by atoms with Gasteiger partial charge in [0.1, 0.15) is 5.82 Å². The van der Waals surface area contributed by atoms with Crippen LogP contribution in [0.25, 0.3) is 11.0 Å². The van der Waals surface area contributed by atoms with Gasteiger partial charge in [0.25, 0.3) is 0 Å². The maximum absolute atomic E-state index is 6.26. The van der Waals surface area contributed by atoms with Gasteiger partial charge in [-0.2, -0.15) is 0 Å². The van der Waals surface area contributed by atoms with E-state index in [-0.39, 0.29) is 5.38 Å². The fourth-order valence-electron chi connectivity index (χ4n) is 2.33. The molecule has 3 aromatic rings. The Bertz CT molecular complexity index is 686. The molecule has 19 heavy (non-hydrogen) atoms. The molecule has 0 aliphatic rings. The lowest BCUT2D eigenvalue weighted by Gasteiger charge is -2.10. The summed E-state index contributed by atoms with van der Waals surface area (Å²) in [6.07, 6.45) is 0. The predicted molar refractivity (Wildman–Crippen MR) is 79.5 cm³/mol. The molecule has 0 aliphatic heterocycles. The van der Waals surface area contributed by atoms with Gasteiger partial charge in [-0.05, 0) is 24.6 Å². The number of hydrogen-bond acceptors (Lipinski definition) is 1. The van der Waals surface area contributed by atoms with Gasteiger partial charge >= 0.3 is 0 Å². The molecule has 0 N–H and O–H groups in total. The van der Waals surface area contributed by atoms with Crippen LogP contribution >= 0.6 is 11.6 Å². The molecular formula is C16H15ClN2. The Labute approximate surface area is 117 Å². The van der Waals surface area contributed by atoms with Crippen molar-refractivity contribution in [1.29, 1.82) is 0 Å². The molecule has 0 saturated heterocycles. The quantitative estimate of drug-likeness (QED) is 0.646. The average molecular weight is 271 g/mol. The van der Waals surface area contributed by atoms with Gasteiger partial charge in [-0.3, -0.25) is 0 Å². The van der Waals surface area contributed by atoms with E-state index in [1.807, 2.05) is 31.2 Å². The maximum Gasteiger partial charge on any atom is 0.128 e. The Morgan fingerprint density at radius 3 is 2.47 bits per heavy atom. The van der Waals surface area contributed by atoms with E-state index in [0.29, 0.717) is 0 Å². The van der Waals surface area contributed by atoms with E-state index in [1.165, 1.54) is 5.56 Å². The van der Waals surface area contributed by atoms with Crippen molar-refractivity contribution in [3.05, 3.63) is 66.0 Å². The van der Waals surface area contributed by atoms with Gasteiger partial charge < -0.3 is 4.57 Å². The number of fused-ring (bicyclic) bond motifs is 1. The fourth-order valence-corrected chi connectivity index (χ4v) is 2.50. The molecule has 0 aliphatic carbocycles. The predicted octanol–water partition coefficient (Wildman–Crippen LogP) is 4.38. The lowest BCUT2D eigenvalue weighted by molar-refractivity contribution is 0.742. The van der Waals surface area contributed by atoms with Crippen molar-refractivity contribution in [2.24, 2.45) is 0 Å². The van der Waals surface area contributed by atoms with Crippen LogP contribution in [0.2, 0.25) is 0 Å². The third-order valence-corrected chi connectivity index (χ3v) is 3.42. The van der Waals surface area contributed by atoms with Gasteiger partial charge in [-0.15, -0.1) is 11.6 Å². The Balaban J connectivity index is 2.12. The number of hydrogen-bond donors (Lipinski definition) is 0. The minimum atomic E-state index is -0.101. The molecule has 2 aromatic carbocycles. The summed E-state index contributed by atoms with van der Waals surface area (Å²) >= 11 is 6.26. The number of halogens is 1. The second-order valence-corrected chi connectivity index (χ2v) is 5.30. The smallest absolute Gasteiger partial charge is 0.128 e. The molecule has 0 spiro atoms. The van der Waals surface area contributed by atoms with Crippen LogP contribution in [0.3, 0.4) is 0 Å². The normalized spacial score (nSPS) is 12.7. The summed E-state index contributed by atoms with van der Waals surface area (Å²) in [7, 11) is 0. The highest BCUT2D eigenvalue weighted by Crippen LogP contribution is 2.25. The van der Waals surface area contributed by atoms with E-state index in [2.05, 4.69) is 39.9 Å². The Hall–Kier alpha value is -1.80.